The van der Waals surface area contributed by atoms with E-state index in [4.69, 9.17) is 4.74 Å². The summed E-state index contributed by atoms with van der Waals surface area (Å²) in [6.45, 7) is 0. The zero-order chi connectivity index (χ0) is 11.5. The van der Waals surface area contributed by atoms with E-state index in [9.17, 15) is 13.2 Å². The first kappa shape index (κ1) is 10.4. The molecule has 0 amide bonds. The predicted molar refractivity (Wildman–Crippen MR) is 55.0 cm³/mol. The van der Waals surface area contributed by atoms with Gasteiger partial charge in [0.15, 0.2) is 0 Å². The van der Waals surface area contributed by atoms with Crippen LogP contribution in [0.15, 0.2) is 28.8 Å². The molecule has 0 radical (unpaired) electrons. The average molecular weight is 291 g/mol. The van der Waals surface area contributed by atoms with E-state index in [0.29, 0.717) is 5.56 Å². The molecule has 0 fully saturated rings. The summed E-state index contributed by atoms with van der Waals surface area (Å²) >= 11 is 3.30. The number of halogens is 4. The molecule has 0 aliphatic carbocycles. The fourth-order valence-electron chi connectivity index (χ4n) is 2.11. The Morgan fingerprint density at radius 1 is 1.19 bits per heavy atom. The summed E-state index contributed by atoms with van der Waals surface area (Å²) in [5.41, 5.74) is 0.832. The van der Waals surface area contributed by atoms with Gasteiger partial charge in [0, 0.05) is 4.48 Å². The number of benzene rings is 1. The van der Waals surface area contributed by atoms with Gasteiger partial charge in [-0.2, -0.15) is 13.2 Å². The highest BCUT2D eigenvalue weighted by atomic mass is 79.9. The lowest BCUT2D eigenvalue weighted by atomic mass is 9.95. The van der Waals surface area contributed by atoms with Gasteiger partial charge in [-0.3, -0.25) is 0 Å². The summed E-state index contributed by atoms with van der Waals surface area (Å²) in [5.74, 6) is 0. The zero-order valence-electron chi connectivity index (χ0n) is 7.88. The van der Waals surface area contributed by atoms with Crippen LogP contribution in [-0.2, 0) is 10.9 Å². The van der Waals surface area contributed by atoms with Gasteiger partial charge < -0.3 is 4.74 Å². The minimum atomic E-state index is -4.30. The topological polar surface area (TPSA) is 9.23 Å². The maximum Gasteiger partial charge on any atom is 0.416 e. The third-order valence-electron chi connectivity index (χ3n) is 2.85. The standard InChI is InChI=1S/C11H6BrF3O/c12-8-4-9-6-2-1-5(11(13,14)15)3-7(6)10(8)16-9/h1-4,9-10H. The summed E-state index contributed by atoms with van der Waals surface area (Å²) < 4.78 is 43.9. The van der Waals surface area contributed by atoms with Crippen LogP contribution in [0.25, 0.3) is 0 Å². The smallest absolute Gasteiger partial charge is 0.356 e. The van der Waals surface area contributed by atoms with Crippen molar-refractivity contribution in [3.8, 4) is 0 Å². The van der Waals surface area contributed by atoms with Crippen LogP contribution in [0, 0.1) is 0 Å². The molecule has 5 heteroatoms. The van der Waals surface area contributed by atoms with Crippen molar-refractivity contribution in [2.45, 2.75) is 18.4 Å². The average Bonchev–Trinajstić information content (AvgIpc) is 2.73. The number of alkyl halides is 3. The van der Waals surface area contributed by atoms with E-state index in [-0.39, 0.29) is 12.2 Å². The lowest BCUT2D eigenvalue weighted by Gasteiger charge is -2.13. The van der Waals surface area contributed by atoms with Crippen molar-refractivity contribution in [2.24, 2.45) is 0 Å². The number of hydrogen-bond acceptors (Lipinski definition) is 1. The lowest BCUT2D eigenvalue weighted by Crippen LogP contribution is -2.07. The molecule has 0 N–H and O–H groups in total. The minimum Gasteiger partial charge on any atom is -0.356 e. The van der Waals surface area contributed by atoms with Gasteiger partial charge in [-0.05, 0) is 29.3 Å². The Bertz CT molecular complexity index is 492. The van der Waals surface area contributed by atoms with Crippen LogP contribution in [0.3, 0.4) is 0 Å². The normalized spacial score (nSPS) is 26.9. The molecule has 0 spiro atoms. The second-order valence-electron chi connectivity index (χ2n) is 3.83. The minimum absolute atomic E-state index is 0.198. The van der Waals surface area contributed by atoms with Crippen molar-refractivity contribution >= 4 is 15.9 Å². The number of rotatable bonds is 0. The first-order chi connectivity index (χ1) is 7.47. The van der Waals surface area contributed by atoms with Gasteiger partial charge in [-0.25, -0.2) is 0 Å². The largest absolute Gasteiger partial charge is 0.416 e. The summed E-state index contributed by atoms with van der Waals surface area (Å²) in [7, 11) is 0. The molecule has 0 saturated heterocycles. The SMILES string of the molecule is FC(F)(F)c1ccc2c(c1)C1OC2C=C1Br. The van der Waals surface area contributed by atoms with Crippen LogP contribution in [-0.4, -0.2) is 0 Å². The maximum atomic E-state index is 12.5. The summed E-state index contributed by atoms with van der Waals surface area (Å²) in [5, 5.41) is 0. The molecule has 3 rings (SSSR count). The molecule has 16 heavy (non-hydrogen) atoms. The van der Waals surface area contributed by atoms with E-state index in [0.717, 1.165) is 16.1 Å². The quantitative estimate of drug-likeness (QED) is 0.699. The molecular weight excluding hydrogens is 285 g/mol. The van der Waals surface area contributed by atoms with E-state index in [1.54, 1.807) is 0 Å². The first-order valence-electron chi connectivity index (χ1n) is 4.70. The van der Waals surface area contributed by atoms with E-state index in [1.807, 2.05) is 6.08 Å². The first-order valence-corrected chi connectivity index (χ1v) is 5.50. The third-order valence-corrected chi connectivity index (χ3v) is 3.53. The Labute approximate surface area is 98.0 Å². The molecule has 2 aliphatic heterocycles. The second-order valence-corrected chi connectivity index (χ2v) is 4.75. The molecule has 1 aromatic rings. The predicted octanol–water partition coefficient (Wildman–Crippen LogP) is 4.11. The van der Waals surface area contributed by atoms with Crippen LogP contribution in [0.5, 0.6) is 0 Å². The lowest BCUT2D eigenvalue weighted by molar-refractivity contribution is -0.137. The van der Waals surface area contributed by atoms with Crippen LogP contribution in [0.4, 0.5) is 13.2 Å². The van der Waals surface area contributed by atoms with E-state index in [1.165, 1.54) is 12.1 Å². The van der Waals surface area contributed by atoms with Crippen LogP contribution in [0.1, 0.15) is 28.9 Å². The van der Waals surface area contributed by atoms with E-state index >= 15 is 0 Å². The fourth-order valence-corrected chi connectivity index (χ4v) is 2.70. The van der Waals surface area contributed by atoms with E-state index in [2.05, 4.69) is 15.9 Å². The van der Waals surface area contributed by atoms with Crippen LogP contribution >= 0.6 is 15.9 Å². The highest BCUT2D eigenvalue weighted by Gasteiger charge is 2.40. The van der Waals surface area contributed by atoms with Crippen LogP contribution in [0.2, 0.25) is 0 Å². The number of fused-ring (bicyclic) bond motifs is 5. The second kappa shape index (κ2) is 3.11. The highest BCUT2D eigenvalue weighted by molar-refractivity contribution is 9.11. The Kier molecular flexibility index (Phi) is 2.01. The number of hydrogen-bond donors (Lipinski definition) is 0. The molecule has 2 aliphatic rings. The molecule has 1 nitrogen and oxygen atoms in total. The van der Waals surface area contributed by atoms with Crippen LogP contribution < -0.4 is 0 Å². The van der Waals surface area contributed by atoms with Crippen molar-refractivity contribution < 1.29 is 17.9 Å². The molecular formula is C11H6BrF3O. The zero-order valence-corrected chi connectivity index (χ0v) is 9.47. The van der Waals surface area contributed by atoms with Crippen molar-refractivity contribution in [1.82, 2.24) is 0 Å². The van der Waals surface area contributed by atoms with Crippen molar-refractivity contribution in [3.63, 3.8) is 0 Å². The highest BCUT2D eigenvalue weighted by Crippen LogP contribution is 2.52. The molecule has 1 aromatic carbocycles. The molecule has 84 valence electrons. The van der Waals surface area contributed by atoms with Gasteiger partial charge in [0.25, 0.3) is 0 Å². The van der Waals surface area contributed by atoms with Crippen molar-refractivity contribution in [3.05, 3.63) is 45.4 Å². The van der Waals surface area contributed by atoms with Gasteiger partial charge in [0.1, 0.15) is 12.2 Å². The third kappa shape index (κ3) is 1.34. The molecule has 0 saturated carbocycles. The molecule has 2 unspecified atom stereocenters. The summed E-state index contributed by atoms with van der Waals surface area (Å²) in [6.07, 6.45) is -2.98. The molecule has 2 bridgehead atoms. The van der Waals surface area contributed by atoms with Crippen molar-refractivity contribution in [1.29, 1.82) is 0 Å². The van der Waals surface area contributed by atoms with Gasteiger partial charge >= 0.3 is 6.18 Å². The summed E-state index contributed by atoms with van der Waals surface area (Å²) in [4.78, 5) is 0. The Hall–Kier alpha value is -0.810. The van der Waals surface area contributed by atoms with Crippen molar-refractivity contribution in [2.75, 3.05) is 0 Å². The molecule has 2 atom stereocenters. The maximum absolute atomic E-state index is 12.5. The Balaban J connectivity index is 2.10. The van der Waals surface area contributed by atoms with Gasteiger partial charge in [0.05, 0.1) is 5.56 Å². The van der Waals surface area contributed by atoms with Gasteiger partial charge in [-0.1, -0.05) is 22.0 Å². The number of ether oxygens (including phenoxy) is 1. The van der Waals surface area contributed by atoms with E-state index < -0.39 is 11.7 Å². The van der Waals surface area contributed by atoms with Gasteiger partial charge in [0.2, 0.25) is 0 Å². The van der Waals surface area contributed by atoms with Gasteiger partial charge in [-0.15, -0.1) is 0 Å². The fraction of sp³-hybridized carbons (Fsp3) is 0.273. The molecule has 0 aromatic heterocycles. The Morgan fingerprint density at radius 2 is 1.94 bits per heavy atom. The molecule has 2 heterocycles. The Morgan fingerprint density at radius 3 is 2.62 bits per heavy atom. The monoisotopic (exact) mass is 290 g/mol. The summed E-state index contributed by atoms with van der Waals surface area (Å²) in [6, 6.07) is 3.78.